The highest BCUT2D eigenvalue weighted by molar-refractivity contribution is 5.87. The molecule has 1 aromatic rings. The summed E-state index contributed by atoms with van der Waals surface area (Å²) in [6.45, 7) is 5.47. The zero-order chi connectivity index (χ0) is 19.2. The molecule has 27 heavy (non-hydrogen) atoms. The number of benzene rings is 1. The van der Waals surface area contributed by atoms with E-state index in [1.807, 2.05) is 37.3 Å². The van der Waals surface area contributed by atoms with Gasteiger partial charge in [0.2, 0.25) is 17.7 Å². The molecule has 1 saturated carbocycles. The molecular weight excluding hydrogens is 344 g/mol. The number of nitrogens with one attached hydrogen (secondary N) is 2. The van der Waals surface area contributed by atoms with Crippen molar-refractivity contribution in [1.29, 1.82) is 0 Å². The van der Waals surface area contributed by atoms with E-state index in [0.29, 0.717) is 45.2 Å². The van der Waals surface area contributed by atoms with Crippen molar-refractivity contribution in [2.24, 2.45) is 11.8 Å². The molecule has 2 aliphatic rings. The molecule has 3 rings (SSSR count). The second-order valence-corrected chi connectivity index (χ2v) is 7.46. The van der Waals surface area contributed by atoms with Gasteiger partial charge in [-0.2, -0.15) is 0 Å². The molecule has 2 atom stereocenters. The molecule has 1 heterocycles. The zero-order valence-electron chi connectivity index (χ0n) is 15.8. The zero-order valence-corrected chi connectivity index (χ0v) is 15.8. The third-order valence-corrected chi connectivity index (χ3v) is 5.28. The van der Waals surface area contributed by atoms with Crippen LogP contribution < -0.4 is 10.6 Å². The SMILES string of the molecule is CC1CC1C(=O)NCC(=O)N1CCN(CC(=O)NCc2ccccc2)CC1. The van der Waals surface area contributed by atoms with Crippen molar-refractivity contribution in [2.75, 3.05) is 39.3 Å². The monoisotopic (exact) mass is 372 g/mol. The molecule has 1 saturated heterocycles. The van der Waals surface area contributed by atoms with Crippen LogP contribution in [-0.2, 0) is 20.9 Å². The fourth-order valence-corrected chi connectivity index (χ4v) is 3.30. The fourth-order valence-electron chi connectivity index (χ4n) is 3.30. The van der Waals surface area contributed by atoms with E-state index in [4.69, 9.17) is 0 Å². The second kappa shape index (κ2) is 8.99. The summed E-state index contributed by atoms with van der Waals surface area (Å²) in [5, 5.41) is 5.66. The first-order chi connectivity index (χ1) is 13.0. The fraction of sp³-hybridized carbons (Fsp3) is 0.550. The van der Waals surface area contributed by atoms with E-state index in [9.17, 15) is 14.4 Å². The van der Waals surface area contributed by atoms with Gasteiger partial charge in [0, 0.05) is 38.6 Å². The summed E-state index contributed by atoms with van der Waals surface area (Å²) in [6.07, 6.45) is 0.922. The van der Waals surface area contributed by atoms with Crippen molar-refractivity contribution in [1.82, 2.24) is 20.4 Å². The van der Waals surface area contributed by atoms with Crippen LogP contribution >= 0.6 is 0 Å². The normalized spacial score (nSPS) is 22.2. The molecule has 1 aromatic carbocycles. The molecule has 3 amide bonds. The average molecular weight is 372 g/mol. The molecule has 146 valence electrons. The Bertz CT molecular complexity index is 671. The lowest BCUT2D eigenvalue weighted by Crippen LogP contribution is -2.53. The van der Waals surface area contributed by atoms with Crippen molar-refractivity contribution in [2.45, 2.75) is 19.9 Å². The molecule has 2 N–H and O–H groups in total. The number of hydrogen-bond acceptors (Lipinski definition) is 4. The first-order valence-electron chi connectivity index (χ1n) is 9.61. The predicted molar refractivity (Wildman–Crippen MR) is 102 cm³/mol. The molecule has 1 aliphatic heterocycles. The standard InChI is InChI=1S/C20H28N4O3/c1-15-11-17(15)20(27)22-13-19(26)24-9-7-23(8-10-24)14-18(25)21-12-16-5-3-2-4-6-16/h2-6,15,17H,7-14H2,1H3,(H,21,25)(H,22,27). The highest BCUT2D eigenvalue weighted by Crippen LogP contribution is 2.37. The Labute approximate surface area is 160 Å². The van der Waals surface area contributed by atoms with Gasteiger partial charge in [0.05, 0.1) is 13.1 Å². The molecular formula is C20H28N4O3. The number of carbonyl (C=O) groups is 3. The molecule has 2 fully saturated rings. The lowest BCUT2D eigenvalue weighted by molar-refractivity contribution is -0.135. The van der Waals surface area contributed by atoms with E-state index in [1.165, 1.54) is 0 Å². The predicted octanol–water partition coefficient (Wildman–Crippen LogP) is 0.219. The third kappa shape index (κ3) is 5.79. The summed E-state index contributed by atoms with van der Waals surface area (Å²) < 4.78 is 0. The topological polar surface area (TPSA) is 81.8 Å². The number of rotatable bonds is 7. The second-order valence-electron chi connectivity index (χ2n) is 7.46. The number of piperazine rings is 1. The number of amides is 3. The van der Waals surface area contributed by atoms with Crippen LogP contribution in [0.2, 0.25) is 0 Å². The molecule has 7 heteroatoms. The van der Waals surface area contributed by atoms with Crippen LogP contribution in [0.1, 0.15) is 18.9 Å². The summed E-state index contributed by atoms with van der Waals surface area (Å²) in [5.74, 6) is 0.458. The van der Waals surface area contributed by atoms with Gasteiger partial charge in [0.25, 0.3) is 0 Å². The number of hydrogen-bond donors (Lipinski definition) is 2. The van der Waals surface area contributed by atoms with Crippen molar-refractivity contribution in [3.8, 4) is 0 Å². The van der Waals surface area contributed by atoms with Crippen molar-refractivity contribution in [3.05, 3.63) is 35.9 Å². The largest absolute Gasteiger partial charge is 0.351 e. The van der Waals surface area contributed by atoms with Crippen LogP contribution in [0.4, 0.5) is 0 Å². The Kier molecular flexibility index (Phi) is 6.45. The minimum absolute atomic E-state index is 0.00965. The third-order valence-electron chi connectivity index (χ3n) is 5.28. The van der Waals surface area contributed by atoms with E-state index < -0.39 is 0 Å². The van der Waals surface area contributed by atoms with Gasteiger partial charge in [-0.15, -0.1) is 0 Å². The van der Waals surface area contributed by atoms with Crippen molar-refractivity contribution >= 4 is 17.7 Å². The molecule has 1 aliphatic carbocycles. The van der Waals surface area contributed by atoms with E-state index in [-0.39, 0.29) is 30.2 Å². The maximum atomic E-state index is 12.2. The molecule has 2 unspecified atom stereocenters. The van der Waals surface area contributed by atoms with E-state index >= 15 is 0 Å². The lowest BCUT2D eigenvalue weighted by Gasteiger charge is -2.34. The Morgan fingerprint density at radius 3 is 2.33 bits per heavy atom. The van der Waals surface area contributed by atoms with Crippen LogP contribution in [-0.4, -0.2) is 66.8 Å². The first kappa shape index (κ1) is 19.4. The quantitative estimate of drug-likeness (QED) is 0.717. The van der Waals surface area contributed by atoms with Gasteiger partial charge in [-0.25, -0.2) is 0 Å². The van der Waals surface area contributed by atoms with Gasteiger partial charge >= 0.3 is 0 Å². The van der Waals surface area contributed by atoms with Crippen molar-refractivity contribution in [3.63, 3.8) is 0 Å². The summed E-state index contributed by atoms with van der Waals surface area (Å²) in [6, 6.07) is 9.81. The van der Waals surface area contributed by atoms with Gasteiger partial charge in [0.15, 0.2) is 0 Å². The van der Waals surface area contributed by atoms with Gasteiger partial charge in [-0.3, -0.25) is 19.3 Å². The summed E-state index contributed by atoms with van der Waals surface area (Å²) in [5.41, 5.74) is 1.07. The van der Waals surface area contributed by atoms with Gasteiger partial charge in [-0.05, 0) is 17.9 Å². The van der Waals surface area contributed by atoms with E-state index in [2.05, 4.69) is 15.5 Å². The Balaban J connectivity index is 1.31. The maximum Gasteiger partial charge on any atom is 0.242 e. The van der Waals surface area contributed by atoms with E-state index in [0.717, 1.165) is 12.0 Å². The lowest BCUT2D eigenvalue weighted by atomic mass is 10.2. The van der Waals surface area contributed by atoms with Gasteiger partial charge in [0.1, 0.15) is 0 Å². The van der Waals surface area contributed by atoms with Gasteiger partial charge in [-0.1, -0.05) is 37.3 Å². The molecule has 0 spiro atoms. The highest BCUT2D eigenvalue weighted by Gasteiger charge is 2.39. The van der Waals surface area contributed by atoms with Crippen LogP contribution in [0, 0.1) is 11.8 Å². The summed E-state index contributed by atoms with van der Waals surface area (Å²) in [7, 11) is 0. The maximum absolute atomic E-state index is 12.2. The van der Waals surface area contributed by atoms with Crippen LogP contribution in [0.3, 0.4) is 0 Å². The van der Waals surface area contributed by atoms with Crippen LogP contribution in [0.25, 0.3) is 0 Å². The molecule has 0 bridgehead atoms. The number of nitrogens with zero attached hydrogens (tertiary/aromatic N) is 2. The minimum Gasteiger partial charge on any atom is -0.351 e. The van der Waals surface area contributed by atoms with Crippen LogP contribution in [0.15, 0.2) is 30.3 Å². The number of carbonyl (C=O) groups excluding carboxylic acids is 3. The van der Waals surface area contributed by atoms with E-state index in [1.54, 1.807) is 4.90 Å². The van der Waals surface area contributed by atoms with Gasteiger partial charge < -0.3 is 15.5 Å². The molecule has 7 nitrogen and oxygen atoms in total. The molecule has 0 aromatic heterocycles. The summed E-state index contributed by atoms with van der Waals surface area (Å²) in [4.78, 5) is 39.9. The Hall–Kier alpha value is -2.41. The highest BCUT2D eigenvalue weighted by atomic mass is 16.2. The summed E-state index contributed by atoms with van der Waals surface area (Å²) >= 11 is 0. The van der Waals surface area contributed by atoms with Crippen LogP contribution in [0.5, 0.6) is 0 Å². The average Bonchev–Trinajstić information content (AvgIpc) is 3.42. The smallest absolute Gasteiger partial charge is 0.242 e. The van der Waals surface area contributed by atoms with Crippen molar-refractivity contribution < 1.29 is 14.4 Å². The molecule has 0 radical (unpaired) electrons. The first-order valence-corrected chi connectivity index (χ1v) is 9.61. The Morgan fingerprint density at radius 2 is 1.70 bits per heavy atom. The minimum atomic E-state index is -0.0511. The Morgan fingerprint density at radius 1 is 1.04 bits per heavy atom.